The maximum atomic E-state index is 13.7. The molecule has 204 valence electrons. The van der Waals surface area contributed by atoms with Crippen LogP contribution < -0.4 is 16.4 Å². The highest BCUT2D eigenvalue weighted by molar-refractivity contribution is 7.98. The van der Waals surface area contributed by atoms with E-state index in [4.69, 9.17) is 5.73 Å². The number of carboxylic acids is 1. The minimum atomic E-state index is -1.15. The number of amides is 3. The van der Waals surface area contributed by atoms with Gasteiger partial charge < -0.3 is 26.4 Å². The van der Waals surface area contributed by atoms with Crippen molar-refractivity contribution in [1.29, 1.82) is 0 Å². The molecule has 3 rings (SSSR count). The zero-order chi connectivity index (χ0) is 27.5. The van der Waals surface area contributed by atoms with Crippen molar-refractivity contribution in [1.82, 2.24) is 15.5 Å². The van der Waals surface area contributed by atoms with Gasteiger partial charge in [0.1, 0.15) is 18.1 Å². The number of nitrogens with one attached hydrogen (secondary N) is 2. The Kier molecular flexibility index (Phi) is 11.2. The van der Waals surface area contributed by atoms with Crippen LogP contribution in [0.4, 0.5) is 0 Å². The number of nitrogens with zero attached hydrogens (tertiary/aromatic N) is 1. The summed E-state index contributed by atoms with van der Waals surface area (Å²) in [5.41, 5.74) is 7.69. The largest absolute Gasteiger partial charge is 0.480 e. The molecule has 9 nitrogen and oxygen atoms in total. The van der Waals surface area contributed by atoms with Crippen molar-refractivity contribution in [2.75, 3.05) is 18.6 Å². The van der Waals surface area contributed by atoms with Crippen molar-refractivity contribution in [2.24, 2.45) is 5.73 Å². The topological polar surface area (TPSA) is 142 Å². The number of carbonyl (C=O) groups is 4. The lowest BCUT2D eigenvalue weighted by Crippen LogP contribution is -2.57. The molecule has 4 unspecified atom stereocenters. The van der Waals surface area contributed by atoms with Gasteiger partial charge >= 0.3 is 5.97 Å². The van der Waals surface area contributed by atoms with Gasteiger partial charge in [0.05, 0.1) is 6.04 Å². The first-order valence-electron chi connectivity index (χ1n) is 12.8. The highest BCUT2D eigenvalue weighted by Gasteiger charge is 2.39. The van der Waals surface area contributed by atoms with Crippen LogP contribution in [-0.2, 0) is 32.0 Å². The number of hydrogen-bond donors (Lipinski definition) is 4. The molecule has 0 bridgehead atoms. The number of nitrogens with two attached hydrogens (primary N) is 1. The molecule has 2 aromatic carbocycles. The Labute approximate surface area is 227 Å². The maximum Gasteiger partial charge on any atom is 0.326 e. The van der Waals surface area contributed by atoms with Crippen molar-refractivity contribution in [3.8, 4) is 0 Å². The molecule has 1 heterocycles. The van der Waals surface area contributed by atoms with Crippen LogP contribution in [-0.4, -0.2) is 76.4 Å². The number of likely N-dealkylation sites (tertiary alicyclic amines) is 1. The summed E-state index contributed by atoms with van der Waals surface area (Å²) in [5.74, 6) is -1.74. The van der Waals surface area contributed by atoms with Gasteiger partial charge in [-0.1, -0.05) is 60.7 Å². The van der Waals surface area contributed by atoms with Crippen LogP contribution in [0.3, 0.4) is 0 Å². The van der Waals surface area contributed by atoms with Gasteiger partial charge in [-0.05, 0) is 42.4 Å². The first kappa shape index (κ1) is 29.2. The summed E-state index contributed by atoms with van der Waals surface area (Å²) in [4.78, 5) is 53.1. The molecule has 1 saturated heterocycles. The molecule has 0 radical (unpaired) electrons. The Hall–Kier alpha value is -3.37. The molecule has 1 aliphatic rings. The van der Waals surface area contributed by atoms with E-state index >= 15 is 0 Å². The molecule has 0 saturated carbocycles. The van der Waals surface area contributed by atoms with Crippen LogP contribution >= 0.6 is 11.8 Å². The fraction of sp³-hybridized carbons (Fsp3) is 0.429. The Balaban J connectivity index is 1.74. The monoisotopic (exact) mass is 540 g/mol. The van der Waals surface area contributed by atoms with E-state index in [2.05, 4.69) is 10.6 Å². The zero-order valence-electron chi connectivity index (χ0n) is 21.5. The van der Waals surface area contributed by atoms with Gasteiger partial charge in [-0.2, -0.15) is 11.8 Å². The lowest BCUT2D eigenvalue weighted by Gasteiger charge is -2.30. The van der Waals surface area contributed by atoms with Crippen LogP contribution in [0, 0.1) is 0 Å². The molecule has 3 amide bonds. The number of thioether (sulfide) groups is 1. The summed E-state index contributed by atoms with van der Waals surface area (Å²) in [6, 6.07) is 14.8. The quantitative estimate of drug-likeness (QED) is 0.302. The number of benzene rings is 2. The van der Waals surface area contributed by atoms with Crippen molar-refractivity contribution < 1.29 is 24.3 Å². The number of hydrogen-bond acceptors (Lipinski definition) is 6. The second-order valence-corrected chi connectivity index (χ2v) is 10.4. The van der Waals surface area contributed by atoms with E-state index in [1.807, 2.05) is 54.8 Å². The maximum absolute atomic E-state index is 13.7. The Bertz CT molecular complexity index is 1090. The molecular formula is C28H36N4O5S. The summed E-state index contributed by atoms with van der Waals surface area (Å²) < 4.78 is 0. The molecule has 4 atom stereocenters. The average Bonchev–Trinajstić information content (AvgIpc) is 3.42. The van der Waals surface area contributed by atoms with Gasteiger partial charge in [-0.3, -0.25) is 14.4 Å². The molecule has 10 heteroatoms. The Morgan fingerprint density at radius 1 is 0.974 bits per heavy atom. The zero-order valence-corrected chi connectivity index (χ0v) is 22.4. The Morgan fingerprint density at radius 3 is 2.11 bits per heavy atom. The van der Waals surface area contributed by atoms with Gasteiger partial charge in [-0.15, -0.1) is 0 Å². The lowest BCUT2D eigenvalue weighted by atomic mass is 10.0. The second-order valence-electron chi connectivity index (χ2n) is 9.42. The number of carbonyl (C=O) groups excluding carboxylic acids is 3. The fourth-order valence-electron chi connectivity index (χ4n) is 4.53. The van der Waals surface area contributed by atoms with E-state index in [0.717, 1.165) is 11.1 Å². The smallest absolute Gasteiger partial charge is 0.326 e. The van der Waals surface area contributed by atoms with E-state index in [1.165, 1.54) is 4.90 Å². The van der Waals surface area contributed by atoms with Crippen molar-refractivity contribution in [2.45, 2.75) is 56.3 Å². The highest BCUT2D eigenvalue weighted by Crippen LogP contribution is 2.20. The van der Waals surface area contributed by atoms with E-state index < -0.39 is 42.0 Å². The molecule has 0 spiro atoms. The third-order valence-corrected chi connectivity index (χ3v) is 7.25. The fourth-order valence-corrected chi connectivity index (χ4v) is 5.02. The summed E-state index contributed by atoms with van der Waals surface area (Å²) >= 11 is 1.58. The first-order chi connectivity index (χ1) is 18.3. The predicted octanol–water partition coefficient (Wildman–Crippen LogP) is 1.60. The van der Waals surface area contributed by atoms with Crippen LogP contribution in [0.1, 0.15) is 30.4 Å². The molecule has 38 heavy (non-hydrogen) atoms. The average molecular weight is 541 g/mol. The molecule has 0 aliphatic carbocycles. The normalized spacial score (nSPS) is 17.3. The number of rotatable bonds is 13. The summed E-state index contributed by atoms with van der Waals surface area (Å²) in [7, 11) is 0. The minimum Gasteiger partial charge on any atom is -0.480 e. The van der Waals surface area contributed by atoms with Gasteiger partial charge in [0, 0.05) is 19.4 Å². The molecular weight excluding hydrogens is 504 g/mol. The van der Waals surface area contributed by atoms with Crippen LogP contribution in [0.15, 0.2) is 60.7 Å². The van der Waals surface area contributed by atoms with Gasteiger partial charge in [-0.25, -0.2) is 4.79 Å². The second kappa shape index (κ2) is 14.5. The van der Waals surface area contributed by atoms with Gasteiger partial charge in [0.15, 0.2) is 0 Å². The van der Waals surface area contributed by atoms with E-state index in [1.54, 1.807) is 23.9 Å². The standard InChI is InChI=1S/C28H36N4O5S/c1-38-16-14-21(29)25(33)30-22(17-19-9-4-2-5-10-19)27(35)32-15-8-13-24(32)26(34)31-23(28(36)37)18-20-11-6-3-7-12-20/h2-7,9-12,21-24H,8,13-18,29H2,1H3,(H,30,33)(H,31,34)(H,36,37). The van der Waals surface area contributed by atoms with Crippen LogP contribution in [0.5, 0.6) is 0 Å². The molecule has 2 aromatic rings. The molecule has 1 fully saturated rings. The summed E-state index contributed by atoms with van der Waals surface area (Å²) in [5, 5.41) is 15.1. The molecule has 5 N–H and O–H groups in total. The molecule has 1 aliphatic heterocycles. The minimum absolute atomic E-state index is 0.128. The van der Waals surface area contributed by atoms with E-state index in [9.17, 15) is 24.3 Å². The van der Waals surface area contributed by atoms with Crippen molar-refractivity contribution >= 4 is 35.5 Å². The van der Waals surface area contributed by atoms with E-state index in [0.29, 0.717) is 31.6 Å². The third-order valence-electron chi connectivity index (χ3n) is 6.60. The van der Waals surface area contributed by atoms with Crippen LogP contribution in [0.2, 0.25) is 0 Å². The Morgan fingerprint density at radius 2 is 1.55 bits per heavy atom. The van der Waals surface area contributed by atoms with Crippen LogP contribution in [0.25, 0.3) is 0 Å². The third kappa shape index (κ3) is 8.32. The SMILES string of the molecule is CSCCC(N)C(=O)NC(Cc1ccccc1)C(=O)N1CCCC1C(=O)NC(Cc1ccccc1)C(=O)O. The summed E-state index contributed by atoms with van der Waals surface area (Å²) in [6.45, 7) is 0.340. The van der Waals surface area contributed by atoms with Crippen molar-refractivity contribution in [3.63, 3.8) is 0 Å². The predicted molar refractivity (Wildman–Crippen MR) is 147 cm³/mol. The number of aliphatic carboxylic acids is 1. The highest BCUT2D eigenvalue weighted by atomic mass is 32.2. The van der Waals surface area contributed by atoms with Gasteiger partial charge in [0.2, 0.25) is 17.7 Å². The number of carboxylic acid groups (broad SMARTS) is 1. The lowest BCUT2D eigenvalue weighted by molar-refractivity contribution is -0.144. The first-order valence-corrected chi connectivity index (χ1v) is 14.2. The summed E-state index contributed by atoms with van der Waals surface area (Å²) in [6.07, 6.45) is 3.79. The van der Waals surface area contributed by atoms with Gasteiger partial charge in [0.25, 0.3) is 0 Å². The van der Waals surface area contributed by atoms with Crippen molar-refractivity contribution in [3.05, 3.63) is 71.8 Å². The van der Waals surface area contributed by atoms with E-state index in [-0.39, 0.29) is 18.7 Å². The molecule has 0 aromatic heterocycles.